The molecule has 9 aromatic heterocycles. The zero-order chi connectivity index (χ0) is 92.4. The van der Waals surface area contributed by atoms with Crippen LogP contribution in [0.15, 0.2) is 92.1 Å². The summed E-state index contributed by atoms with van der Waals surface area (Å²) in [5.74, 6) is 1.56. The first-order valence-electron chi connectivity index (χ1n) is 37.0. The van der Waals surface area contributed by atoms with Crippen LogP contribution in [0, 0.1) is 52.4 Å². The number of anilines is 2. The van der Waals surface area contributed by atoms with Crippen molar-refractivity contribution < 1.29 is 32.3 Å². The lowest BCUT2D eigenvalue weighted by Gasteiger charge is -2.42. The van der Waals surface area contributed by atoms with Gasteiger partial charge in [0, 0.05) is 120 Å². The topological polar surface area (TPSA) is 407 Å². The summed E-state index contributed by atoms with van der Waals surface area (Å²) in [7, 11) is 5.33. The number of methoxy groups -OCH3 is 4. The quantitative estimate of drug-likeness (QED) is 0.0244. The predicted molar refractivity (Wildman–Crippen MR) is 518 cm³/mol. The van der Waals surface area contributed by atoms with E-state index in [-0.39, 0.29) is 33.6 Å². The Balaban J connectivity index is 0.000000254. The number of rotatable bonds is 12. The number of nitrogens with one attached hydrogen (secondary N) is 6. The Hall–Kier alpha value is -2.51. The van der Waals surface area contributed by atoms with Crippen molar-refractivity contribution in [3.63, 3.8) is 0 Å². The molecule has 123 heavy (non-hydrogen) atoms. The van der Waals surface area contributed by atoms with Crippen LogP contribution >= 0.6 is 227 Å². The maximum Gasteiger partial charge on any atom is 0.339 e. The number of aromatic nitrogens is 15. The molecule has 31 nitrogen and oxygen atoms in total. The highest BCUT2D eigenvalue weighted by molar-refractivity contribution is 9.11. The van der Waals surface area contributed by atoms with E-state index >= 15 is 0 Å². The van der Waals surface area contributed by atoms with Gasteiger partial charge in [0.25, 0.3) is 5.56 Å². The van der Waals surface area contributed by atoms with Crippen LogP contribution in [0.5, 0.6) is 0 Å². The highest BCUT2D eigenvalue weighted by atomic mass is 79.9. The van der Waals surface area contributed by atoms with Crippen LogP contribution in [0.3, 0.4) is 0 Å². The Kier molecular flexibility index (Phi) is 47.0. The SMILES string of the molecule is CC(C)(C)[S@@](=O)N[C@@H]1CCCC12CCNCC2.COC(CN)OC.COC(CNc1nc(Cl)nc(C)c1Br)OC.Cc1[nH]c(=O)[nH]c(=O)c1Br.Cc1[nH]c(=O)n2ccnc2c1Br.Cc1nc(Cl)n2ccnc2c1Br.Cc1nc(Cl)nc(Cl)c1Br.Cc1nc(N2CCC3(CCC[C@H]3N)CC2)n2ccnc2c1-c1cccc(Cl)c1Cl.O=P(Cl)(Cl)Cl.O=P(Cl)(Cl)Cl. The van der Waals surface area contributed by atoms with E-state index in [4.69, 9.17) is 105 Å². The lowest BCUT2D eigenvalue weighted by atomic mass is 9.74. The van der Waals surface area contributed by atoms with E-state index in [0.717, 1.165) is 116 Å². The lowest BCUT2D eigenvalue weighted by molar-refractivity contribution is -0.0940. The minimum absolute atomic E-state index is 0.156. The average Bonchev–Trinajstić information content (AvgIpc) is 1.70. The van der Waals surface area contributed by atoms with Crippen LogP contribution in [0.2, 0.25) is 31.0 Å². The fourth-order valence-electron chi connectivity index (χ4n) is 12.9. The average molecular weight is 2330 g/mol. The number of nitrogens with zero attached hydrogens (tertiary/aromatic N) is 13. The number of H-pyrrole nitrogens is 3. The smallest absolute Gasteiger partial charge is 0.339 e. The fraction of sp³-hybridized carbons (Fsp3) is 0.500. The van der Waals surface area contributed by atoms with Crippen LogP contribution in [0.4, 0.5) is 11.8 Å². The zero-order valence-corrected chi connectivity index (χ0v) is 88.2. The minimum atomic E-state index is -3.22. The molecule has 10 N–H and O–H groups in total. The molecule has 2 aliphatic carbocycles. The van der Waals surface area contributed by atoms with E-state index in [1.54, 1.807) is 77.5 Å². The van der Waals surface area contributed by atoms with E-state index in [0.29, 0.717) is 82.6 Å². The second-order valence-corrected chi connectivity index (χ2v) is 49.8. The molecule has 0 amide bonds. The Morgan fingerprint density at radius 3 is 1.63 bits per heavy atom. The molecule has 2 spiro atoms. The highest BCUT2D eigenvalue weighted by Gasteiger charge is 2.45. The molecule has 2 saturated carbocycles. The molecule has 51 heteroatoms. The molecule has 14 rings (SSSR count). The molecule has 10 aromatic rings. The molecule has 4 aliphatic rings. The van der Waals surface area contributed by atoms with E-state index in [1.165, 1.54) is 49.3 Å². The Labute approximate surface area is 815 Å². The van der Waals surface area contributed by atoms with Crippen molar-refractivity contribution in [1.29, 1.82) is 0 Å². The van der Waals surface area contributed by atoms with Gasteiger partial charge >= 0.3 is 21.8 Å². The van der Waals surface area contributed by atoms with Crippen LogP contribution in [0.25, 0.3) is 28.1 Å². The summed E-state index contributed by atoms with van der Waals surface area (Å²) in [4.78, 5) is 79.6. The van der Waals surface area contributed by atoms with Gasteiger partial charge in [0.1, 0.15) is 21.1 Å². The van der Waals surface area contributed by atoms with Crippen molar-refractivity contribution in [3.05, 3.63) is 174 Å². The second-order valence-electron chi connectivity index (χ2n) is 28.4. The molecule has 0 bridgehead atoms. The van der Waals surface area contributed by atoms with Gasteiger partial charge < -0.3 is 55.9 Å². The monoisotopic (exact) mass is 2320 g/mol. The van der Waals surface area contributed by atoms with Crippen molar-refractivity contribution in [1.82, 2.24) is 83.0 Å². The van der Waals surface area contributed by atoms with Crippen LogP contribution in [-0.2, 0) is 39.1 Å². The first kappa shape index (κ1) is 111. The number of halogens is 17. The molecular formula is C72H94Br5Cl12N21O10P2S. The summed E-state index contributed by atoms with van der Waals surface area (Å²) < 4.78 is 62.8. The summed E-state index contributed by atoms with van der Waals surface area (Å²) in [6.07, 6.45) is 22.1. The van der Waals surface area contributed by atoms with Crippen LogP contribution in [-0.4, -0.2) is 174 Å². The Morgan fingerprint density at radius 1 is 0.602 bits per heavy atom. The third-order valence-electron chi connectivity index (χ3n) is 19.2. The Morgan fingerprint density at radius 2 is 1.11 bits per heavy atom. The molecule has 682 valence electrons. The molecule has 0 radical (unpaired) electrons. The minimum Gasteiger partial charge on any atom is -0.364 e. The summed E-state index contributed by atoms with van der Waals surface area (Å²) in [6, 6.07) is 6.48. The highest BCUT2D eigenvalue weighted by Crippen LogP contribution is 2.62. The number of hydrogen-bond acceptors (Lipinski definition) is 24. The summed E-state index contributed by atoms with van der Waals surface area (Å²) in [6.45, 7) is 22.2. The number of ether oxygens (including phenoxy) is 4. The molecular weight excluding hydrogens is 2240 g/mol. The number of benzene rings is 1. The number of nitrogens with two attached hydrogens (primary N) is 2. The number of aromatic amines is 3. The third-order valence-corrected chi connectivity index (χ3v) is 27.5. The number of hydrogen-bond donors (Lipinski definition) is 8. The summed E-state index contributed by atoms with van der Waals surface area (Å²) >= 11 is 79.6. The molecule has 3 atom stereocenters. The van der Waals surface area contributed by atoms with E-state index in [1.807, 2.05) is 73.0 Å². The van der Waals surface area contributed by atoms with Gasteiger partial charge in [-0.3, -0.25) is 32.1 Å². The second kappa shape index (κ2) is 52.1. The number of piperidine rings is 2. The fourth-order valence-corrected chi connectivity index (χ4v) is 16.7. The van der Waals surface area contributed by atoms with Crippen molar-refractivity contribution >= 4 is 267 Å². The number of aryl methyl sites for hydroxylation is 6. The molecule has 0 unspecified atom stereocenters. The van der Waals surface area contributed by atoms with Gasteiger partial charge in [-0.15, -0.1) is 0 Å². The molecule has 1 aromatic carbocycles. The Bertz CT molecular complexity index is 5380. The maximum atomic E-state index is 12.2. The number of fused-ring (bicyclic) bond motifs is 3. The number of imidazole rings is 3. The molecule has 11 heterocycles. The van der Waals surface area contributed by atoms with Gasteiger partial charge in [-0.05, 0) is 326 Å². The molecule has 2 aliphatic heterocycles. The van der Waals surface area contributed by atoms with Crippen molar-refractivity contribution in [3.8, 4) is 11.1 Å². The van der Waals surface area contributed by atoms with Gasteiger partial charge in [-0.2, -0.15) is 4.98 Å². The van der Waals surface area contributed by atoms with E-state index < -0.39 is 32.6 Å². The van der Waals surface area contributed by atoms with E-state index in [2.05, 4.69) is 227 Å². The van der Waals surface area contributed by atoms with Gasteiger partial charge in [0.2, 0.25) is 21.8 Å². The van der Waals surface area contributed by atoms with E-state index in [9.17, 15) is 27.7 Å². The molecule has 2 saturated heterocycles. The first-order chi connectivity index (χ1) is 57.5. The van der Waals surface area contributed by atoms with Crippen LogP contribution < -0.4 is 48.7 Å². The van der Waals surface area contributed by atoms with Gasteiger partial charge in [0.15, 0.2) is 23.9 Å². The third kappa shape index (κ3) is 34.6. The predicted octanol–water partition coefficient (Wildman–Crippen LogP) is 21.0. The summed E-state index contributed by atoms with van der Waals surface area (Å²) in [5.41, 5.74) is 20.0. The van der Waals surface area contributed by atoms with Gasteiger partial charge in [-0.1, -0.05) is 59.8 Å². The van der Waals surface area contributed by atoms with Crippen molar-refractivity contribution in [2.45, 2.75) is 156 Å². The standard InChI is InChI=1S/C22H25Cl2N5.C13H26N2OS.C9H13BrClN3O2.C7H5BrClN3.C7H6BrN3O.C5H3BrCl2N2.C5H5BrN2O2.C4H11NO2.2Cl3OP/c1-14-18(15-4-2-5-16(23)19(15)24)20-26-10-13-29(20)21(27-14)28-11-8-22(9-12-28)7-3-6-17(22)25;1-12(2,3)17(16)15-11-5-4-6-13(11)7-9-14-10-8-13;1-5-7(10)8(14-9(11)13-5)12-4-6(15-2)16-3;1-4-5(8)6-10-2-3-12(6)7(9)11-4;1-4-5(8)6-9-2-3-11(6)7(12)10-4;1-2-3(6)4(7)10-5(8)9-2;1-2-3(6)4(9)8-5(10)7-2;1-6-4(3-5)7-2;2*1-5(2,3)4/h2,4-5,10,13,17H,3,6-9,11-12,25H2,1H3;11,14-15H,4-10H2,1-3H3;6H,4H2,1-3H3,(H,12,13,14);2-3H,1H3;2-3H,1H3,(H,10,12);1H3;1H3,(H2,7,8,9,10);4H,3,5H2,1-2H3;;/t17-;11-,17-;;;;;;;;/m11......../s1. The largest absolute Gasteiger partial charge is 0.364 e. The zero-order valence-electron chi connectivity index (χ0n) is 68.6. The van der Waals surface area contributed by atoms with Gasteiger partial charge in [0.05, 0.1) is 73.0 Å². The van der Waals surface area contributed by atoms with Crippen molar-refractivity contribution in [2.75, 3.05) is 77.9 Å². The summed E-state index contributed by atoms with van der Waals surface area (Å²) in [5, 5.41) is 2.28. The molecule has 4 fully saturated rings. The lowest BCUT2D eigenvalue weighted by Crippen LogP contribution is -2.50. The van der Waals surface area contributed by atoms with Crippen molar-refractivity contribution in [2.24, 2.45) is 22.3 Å². The van der Waals surface area contributed by atoms with Gasteiger partial charge in [-0.25, -0.2) is 58.4 Å². The first-order valence-corrected chi connectivity index (χ1v) is 53.2. The normalized spacial score (nSPS) is 16.0. The maximum absolute atomic E-state index is 12.2. The van der Waals surface area contributed by atoms with Crippen LogP contribution in [0.1, 0.15) is 119 Å².